The topological polar surface area (TPSA) is 46.2 Å². The first-order valence-corrected chi connectivity index (χ1v) is 7.81. The maximum atomic E-state index is 5.67. The van der Waals surface area contributed by atoms with E-state index in [4.69, 9.17) is 4.42 Å². The van der Waals surface area contributed by atoms with E-state index in [9.17, 15) is 0 Å². The SMILES string of the molecule is CCc1ccc(CNc2cnn(CCN(CC)CC)c2)o1. The molecule has 1 N–H and O–H groups in total. The molecule has 116 valence electrons. The van der Waals surface area contributed by atoms with Crippen LogP contribution in [0.15, 0.2) is 28.9 Å². The molecule has 5 nitrogen and oxygen atoms in total. The molecule has 0 radical (unpaired) electrons. The summed E-state index contributed by atoms with van der Waals surface area (Å²) in [6.45, 7) is 11.3. The summed E-state index contributed by atoms with van der Waals surface area (Å²) < 4.78 is 7.66. The van der Waals surface area contributed by atoms with Gasteiger partial charge < -0.3 is 14.6 Å². The Kier molecular flexibility index (Phi) is 5.87. The maximum Gasteiger partial charge on any atom is 0.123 e. The molecule has 0 spiro atoms. The van der Waals surface area contributed by atoms with E-state index in [0.29, 0.717) is 6.54 Å². The van der Waals surface area contributed by atoms with Crippen LogP contribution in [0.1, 0.15) is 32.3 Å². The lowest BCUT2D eigenvalue weighted by Gasteiger charge is -2.17. The lowest BCUT2D eigenvalue weighted by molar-refractivity contribution is 0.285. The number of nitrogens with zero attached hydrogens (tertiary/aromatic N) is 3. The van der Waals surface area contributed by atoms with Crippen LogP contribution in [0.3, 0.4) is 0 Å². The first-order valence-electron chi connectivity index (χ1n) is 7.81. The molecular weight excluding hydrogens is 264 g/mol. The van der Waals surface area contributed by atoms with Crippen LogP contribution in [0, 0.1) is 0 Å². The standard InChI is InChI=1S/C16H26N4O/c1-4-15-7-8-16(21-15)12-17-14-11-18-20(13-14)10-9-19(5-2)6-3/h7-8,11,13,17H,4-6,9-10,12H2,1-3H3. The molecule has 0 saturated carbocycles. The zero-order chi connectivity index (χ0) is 15.1. The molecule has 2 rings (SSSR count). The highest BCUT2D eigenvalue weighted by Gasteiger charge is 2.03. The number of furan rings is 1. The Morgan fingerprint density at radius 1 is 1.19 bits per heavy atom. The van der Waals surface area contributed by atoms with Gasteiger partial charge in [-0.15, -0.1) is 0 Å². The van der Waals surface area contributed by atoms with Crippen LogP contribution < -0.4 is 5.32 Å². The van der Waals surface area contributed by atoms with Gasteiger partial charge in [0.15, 0.2) is 0 Å². The average molecular weight is 290 g/mol. The molecular formula is C16H26N4O. The smallest absolute Gasteiger partial charge is 0.123 e. The molecule has 2 aromatic heterocycles. The Bertz CT molecular complexity index is 528. The number of aryl methyl sites for hydroxylation is 1. The van der Waals surface area contributed by atoms with E-state index in [0.717, 1.165) is 49.8 Å². The van der Waals surface area contributed by atoms with Gasteiger partial charge in [0.05, 0.1) is 25.0 Å². The first kappa shape index (κ1) is 15.6. The molecule has 21 heavy (non-hydrogen) atoms. The summed E-state index contributed by atoms with van der Waals surface area (Å²) in [5.74, 6) is 1.99. The van der Waals surface area contributed by atoms with Gasteiger partial charge in [0.1, 0.15) is 11.5 Å². The monoisotopic (exact) mass is 290 g/mol. The van der Waals surface area contributed by atoms with Gasteiger partial charge in [0, 0.05) is 19.2 Å². The van der Waals surface area contributed by atoms with Crippen molar-refractivity contribution in [2.75, 3.05) is 25.0 Å². The van der Waals surface area contributed by atoms with Crippen molar-refractivity contribution in [3.05, 3.63) is 36.0 Å². The van der Waals surface area contributed by atoms with Crippen molar-refractivity contribution in [2.24, 2.45) is 0 Å². The largest absolute Gasteiger partial charge is 0.464 e. The lowest BCUT2D eigenvalue weighted by atomic mass is 10.3. The Balaban J connectivity index is 1.79. The number of anilines is 1. The summed E-state index contributed by atoms with van der Waals surface area (Å²) in [6.07, 6.45) is 4.85. The summed E-state index contributed by atoms with van der Waals surface area (Å²) in [5.41, 5.74) is 1.03. The highest BCUT2D eigenvalue weighted by atomic mass is 16.3. The van der Waals surface area contributed by atoms with Gasteiger partial charge in [-0.25, -0.2) is 0 Å². The molecule has 0 atom stereocenters. The summed E-state index contributed by atoms with van der Waals surface area (Å²) in [6, 6.07) is 4.06. The fraction of sp³-hybridized carbons (Fsp3) is 0.562. The minimum absolute atomic E-state index is 0.696. The average Bonchev–Trinajstić information content (AvgIpc) is 3.15. The molecule has 0 aliphatic heterocycles. The van der Waals surface area contributed by atoms with Crippen molar-refractivity contribution in [1.82, 2.24) is 14.7 Å². The molecule has 0 unspecified atom stereocenters. The predicted octanol–water partition coefficient (Wildman–Crippen LogP) is 2.99. The number of likely N-dealkylation sites (N-methyl/N-ethyl adjacent to an activating group) is 1. The van der Waals surface area contributed by atoms with Gasteiger partial charge in [-0.2, -0.15) is 5.10 Å². The molecule has 2 heterocycles. The second-order valence-corrected chi connectivity index (χ2v) is 5.09. The van der Waals surface area contributed by atoms with E-state index in [2.05, 4.69) is 36.1 Å². The molecule has 0 fully saturated rings. The Morgan fingerprint density at radius 2 is 1.95 bits per heavy atom. The second kappa shape index (κ2) is 7.88. The molecule has 0 aliphatic carbocycles. The van der Waals surface area contributed by atoms with Crippen LogP contribution in [0.2, 0.25) is 0 Å². The highest BCUT2D eigenvalue weighted by Crippen LogP contribution is 2.12. The van der Waals surface area contributed by atoms with Crippen molar-refractivity contribution >= 4 is 5.69 Å². The maximum absolute atomic E-state index is 5.67. The zero-order valence-electron chi connectivity index (χ0n) is 13.3. The van der Waals surface area contributed by atoms with Crippen LogP contribution in [0.5, 0.6) is 0 Å². The molecule has 5 heteroatoms. The van der Waals surface area contributed by atoms with E-state index in [1.165, 1.54) is 0 Å². The Labute approximate surface area is 126 Å². The van der Waals surface area contributed by atoms with Gasteiger partial charge in [-0.3, -0.25) is 4.68 Å². The second-order valence-electron chi connectivity index (χ2n) is 5.09. The van der Waals surface area contributed by atoms with E-state index >= 15 is 0 Å². The van der Waals surface area contributed by atoms with E-state index in [1.54, 1.807) is 0 Å². The van der Waals surface area contributed by atoms with Gasteiger partial charge >= 0.3 is 0 Å². The quantitative estimate of drug-likeness (QED) is 0.771. The van der Waals surface area contributed by atoms with Crippen LogP contribution in [-0.2, 0) is 19.5 Å². The minimum atomic E-state index is 0.696. The molecule has 2 aromatic rings. The number of aromatic nitrogens is 2. The van der Waals surface area contributed by atoms with E-state index < -0.39 is 0 Å². The van der Waals surface area contributed by atoms with Crippen molar-refractivity contribution in [1.29, 1.82) is 0 Å². The molecule has 0 saturated heterocycles. The van der Waals surface area contributed by atoms with E-state index in [1.807, 2.05) is 29.2 Å². The highest BCUT2D eigenvalue weighted by molar-refractivity contribution is 5.38. The van der Waals surface area contributed by atoms with Crippen molar-refractivity contribution in [3.63, 3.8) is 0 Å². The summed E-state index contributed by atoms with van der Waals surface area (Å²) in [4.78, 5) is 2.39. The van der Waals surface area contributed by atoms with Gasteiger partial charge in [0.25, 0.3) is 0 Å². The third kappa shape index (κ3) is 4.63. The van der Waals surface area contributed by atoms with Crippen molar-refractivity contribution in [2.45, 2.75) is 40.3 Å². The van der Waals surface area contributed by atoms with Crippen LogP contribution in [0.25, 0.3) is 0 Å². The van der Waals surface area contributed by atoms with Crippen molar-refractivity contribution < 1.29 is 4.42 Å². The Morgan fingerprint density at radius 3 is 2.62 bits per heavy atom. The van der Waals surface area contributed by atoms with Crippen molar-refractivity contribution in [3.8, 4) is 0 Å². The van der Waals surface area contributed by atoms with Crippen LogP contribution in [-0.4, -0.2) is 34.3 Å². The summed E-state index contributed by atoms with van der Waals surface area (Å²) in [7, 11) is 0. The van der Waals surface area contributed by atoms with Gasteiger partial charge in [-0.1, -0.05) is 20.8 Å². The number of hydrogen-bond donors (Lipinski definition) is 1. The first-order chi connectivity index (χ1) is 10.2. The fourth-order valence-corrected chi connectivity index (χ4v) is 2.26. The van der Waals surface area contributed by atoms with Crippen LogP contribution in [0.4, 0.5) is 5.69 Å². The molecule has 0 aliphatic rings. The van der Waals surface area contributed by atoms with Gasteiger partial charge in [-0.05, 0) is 25.2 Å². The summed E-state index contributed by atoms with van der Waals surface area (Å²) in [5, 5.41) is 7.73. The number of nitrogens with one attached hydrogen (secondary N) is 1. The third-order valence-electron chi connectivity index (χ3n) is 3.71. The van der Waals surface area contributed by atoms with Crippen LogP contribution >= 0.6 is 0 Å². The molecule has 0 bridgehead atoms. The third-order valence-corrected chi connectivity index (χ3v) is 3.71. The zero-order valence-corrected chi connectivity index (χ0v) is 13.3. The van der Waals surface area contributed by atoms with Gasteiger partial charge in [0.2, 0.25) is 0 Å². The summed E-state index contributed by atoms with van der Waals surface area (Å²) >= 11 is 0. The molecule has 0 amide bonds. The minimum Gasteiger partial charge on any atom is -0.464 e. The molecule has 0 aromatic carbocycles. The normalized spacial score (nSPS) is 11.2. The number of hydrogen-bond acceptors (Lipinski definition) is 4. The lowest BCUT2D eigenvalue weighted by Crippen LogP contribution is -2.27. The predicted molar refractivity (Wildman–Crippen MR) is 85.4 cm³/mol. The fourth-order valence-electron chi connectivity index (χ4n) is 2.26. The number of rotatable bonds is 9. The Hall–Kier alpha value is -1.75. The van der Waals surface area contributed by atoms with E-state index in [-0.39, 0.29) is 0 Å².